The van der Waals surface area contributed by atoms with E-state index in [1.54, 1.807) is 0 Å². The van der Waals surface area contributed by atoms with Gasteiger partial charge in [-0.25, -0.2) is 4.98 Å². The Hall–Kier alpha value is -2.62. The number of H-pyrrole nitrogens is 1. The van der Waals surface area contributed by atoms with E-state index in [2.05, 4.69) is 20.1 Å². The molecule has 0 radical (unpaired) electrons. The van der Waals surface area contributed by atoms with E-state index in [9.17, 15) is 18.0 Å². The van der Waals surface area contributed by atoms with Crippen LogP contribution < -0.4 is 5.56 Å². The van der Waals surface area contributed by atoms with Gasteiger partial charge in [0.2, 0.25) is 11.7 Å². The monoisotopic (exact) mass is 396 g/mol. The minimum Gasteiger partial charge on any atom is -0.338 e. The van der Waals surface area contributed by atoms with Crippen molar-refractivity contribution in [3.05, 3.63) is 57.8 Å². The Bertz CT molecular complexity index is 967. The molecule has 0 atom stereocenters. The summed E-state index contributed by atoms with van der Waals surface area (Å²) in [6.45, 7) is 2.00. The van der Waals surface area contributed by atoms with Gasteiger partial charge in [0, 0.05) is 17.3 Å². The van der Waals surface area contributed by atoms with Crippen LogP contribution in [0.1, 0.15) is 30.5 Å². The van der Waals surface area contributed by atoms with Gasteiger partial charge < -0.3 is 9.51 Å². The Labute approximate surface area is 156 Å². The first-order chi connectivity index (χ1) is 12.8. The molecule has 27 heavy (non-hydrogen) atoms. The molecular formula is C17H15F3N4O2S. The molecule has 0 aliphatic heterocycles. The molecule has 10 heteroatoms. The van der Waals surface area contributed by atoms with E-state index in [4.69, 9.17) is 4.52 Å². The Balaban J connectivity index is 1.69. The lowest BCUT2D eigenvalue weighted by molar-refractivity contribution is -0.137. The number of nitrogens with zero attached hydrogens (tertiary/aromatic N) is 3. The quantitative estimate of drug-likeness (QED) is 0.499. The lowest BCUT2D eigenvalue weighted by Gasteiger charge is -2.05. The van der Waals surface area contributed by atoms with Crippen molar-refractivity contribution in [2.75, 3.05) is 0 Å². The third-order valence-electron chi connectivity index (χ3n) is 3.55. The van der Waals surface area contributed by atoms with Gasteiger partial charge in [-0.05, 0) is 18.6 Å². The second-order valence-corrected chi connectivity index (χ2v) is 6.63. The SMILES string of the molecule is CCCc1cc(=O)[nH]c(SCc2nc(-c3ccc(C(F)(F)F)cc3)no2)n1. The number of halogens is 3. The molecule has 0 bridgehead atoms. The molecule has 0 fully saturated rings. The van der Waals surface area contributed by atoms with Crippen LogP contribution in [-0.2, 0) is 18.3 Å². The highest BCUT2D eigenvalue weighted by Crippen LogP contribution is 2.30. The highest BCUT2D eigenvalue weighted by atomic mass is 32.2. The van der Waals surface area contributed by atoms with Crippen LogP contribution in [-0.4, -0.2) is 20.1 Å². The molecule has 3 rings (SSSR count). The van der Waals surface area contributed by atoms with Crippen molar-refractivity contribution in [1.29, 1.82) is 0 Å². The Morgan fingerprint density at radius 3 is 2.59 bits per heavy atom. The molecule has 0 aliphatic carbocycles. The number of aromatic nitrogens is 4. The number of nitrogens with one attached hydrogen (secondary N) is 1. The first kappa shape index (κ1) is 19.2. The van der Waals surface area contributed by atoms with E-state index < -0.39 is 11.7 Å². The van der Waals surface area contributed by atoms with Gasteiger partial charge in [0.25, 0.3) is 5.56 Å². The van der Waals surface area contributed by atoms with Gasteiger partial charge in [-0.1, -0.05) is 42.4 Å². The largest absolute Gasteiger partial charge is 0.416 e. The number of aryl methyl sites for hydroxylation is 1. The number of alkyl halides is 3. The molecule has 3 aromatic rings. The van der Waals surface area contributed by atoms with E-state index in [1.165, 1.54) is 30.0 Å². The van der Waals surface area contributed by atoms with Crippen molar-refractivity contribution in [3.63, 3.8) is 0 Å². The molecule has 0 saturated carbocycles. The first-order valence-corrected chi connectivity index (χ1v) is 9.07. The van der Waals surface area contributed by atoms with Crippen LogP contribution in [0.2, 0.25) is 0 Å². The van der Waals surface area contributed by atoms with Crippen LogP contribution >= 0.6 is 11.8 Å². The molecule has 6 nitrogen and oxygen atoms in total. The Kier molecular flexibility index (Phi) is 5.64. The maximum atomic E-state index is 12.6. The fraction of sp³-hybridized carbons (Fsp3) is 0.294. The summed E-state index contributed by atoms with van der Waals surface area (Å²) in [7, 11) is 0. The van der Waals surface area contributed by atoms with Gasteiger partial charge in [-0.3, -0.25) is 4.79 Å². The number of benzene rings is 1. The second kappa shape index (κ2) is 7.95. The molecule has 1 aromatic carbocycles. The van der Waals surface area contributed by atoms with Gasteiger partial charge >= 0.3 is 6.18 Å². The predicted molar refractivity (Wildman–Crippen MR) is 93.1 cm³/mol. The third-order valence-corrected chi connectivity index (χ3v) is 4.41. The predicted octanol–water partition coefficient (Wildman–Crippen LogP) is 4.08. The van der Waals surface area contributed by atoms with Crippen LogP contribution in [0, 0.1) is 0 Å². The molecule has 0 amide bonds. The zero-order valence-corrected chi connectivity index (χ0v) is 15.0. The summed E-state index contributed by atoms with van der Waals surface area (Å²) in [6, 6.07) is 5.97. The molecule has 2 heterocycles. The molecule has 142 valence electrons. The molecule has 0 saturated heterocycles. The summed E-state index contributed by atoms with van der Waals surface area (Å²) in [4.78, 5) is 22.8. The van der Waals surface area contributed by atoms with E-state index in [0.29, 0.717) is 22.8 Å². The second-order valence-electron chi connectivity index (χ2n) is 5.67. The van der Waals surface area contributed by atoms with Crippen molar-refractivity contribution in [1.82, 2.24) is 20.1 Å². The summed E-state index contributed by atoms with van der Waals surface area (Å²) >= 11 is 1.23. The van der Waals surface area contributed by atoms with Crippen LogP contribution in [0.3, 0.4) is 0 Å². The average Bonchev–Trinajstić information content (AvgIpc) is 3.08. The van der Waals surface area contributed by atoms with E-state index in [0.717, 1.165) is 18.6 Å². The van der Waals surface area contributed by atoms with Crippen molar-refractivity contribution in [2.24, 2.45) is 0 Å². The van der Waals surface area contributed by atoms with E-state index in [1.807, 2.05) is 6.92 Å². The first-order valence-electron chi connectivity index (χ1n) is 8.08. The van der Waals surface area contributed by atoms with Crippen LogP contribution in [0.4, 0.5) is 13.2 Å². The number of thioether (sulfide) groups is 1. The van der Waals surface area contributed by atoms with Crippen LogP contribution in [0.5, 0.6) is 0 Å². The smallest absolute Gasteiger partial charge is 0.338 e. The maximum Gasteiger partial charge on any atom is 0.416 e. The third kappa shape index (κ3) is 4.97. The number of rotatable bonds is 6. The highest BCUT2D eigenvalue weighted by Gasteiger charge is 2.30. The fourth-order valence-corrected chi connectivity index (χ4v) is 3.04. The van der Waals surface area contributed by atoms with Crippen molar-refractivity contribution in [2.45, 2.75) is 36.9 Å². The van der Waals surface area contributed by atoms with Crippen molar-refractivity contribution in [3.8, 4) is 11.4 Å². The average molecular weight is 396 g/mol. The number of aromatic amines is 1. The topological polar surface area (TPSA) is 84.7 Å². The minimum atomic E-state index is -4.40. The summed E-state index contributed by atoms with van der Waals surface area (Å²) in [5.41, 5.74) is 0.152. The lowest BCUT2D eigenvalue weighted by atomic mass is 10.1. The summed E-state index contributed by atoms with van der Waals surface area (Å²) in [5.74, 6) is 0.741. The summed E-state index contributed by atoms with van der Waals surface area (Å²) in [6.07, 6.45) is -2.81. The van der Waals surface area contributed by atoms with Crippen molar-refractivity contribution >= 4 is 11.8 Å². The zero-order chi connectivity index (χ0) is 19.4. The van der Waals surface area contributed by atoms with E-state index in [-0.39, 0.29) is 23.0 Å². The maximum absolute atomic E-state index is 12.6. The van der Waals surface area contributed by atoms with Gasteiger partial charge in [-0.15, -0.1) is 0 Å². The van der Waals surface area contributed by atoms with Gasteiger partial charge in [0.1, 0.15) is 0 Å². The zero-order valence-electron chi connectivity index (χ0n) is 14.2. The molecule has 0 aliphatic rings. The summed E-state index contributed by atoms with van der Waals surface area (Å²) < 4.78 is 43.0. The fourth-order valence-electron chi connectivity index (χ4n) is 2.31. The number of hydrogen-bond acceptors (Lipinski definition) is 6. The normalized spacial score (nSPS) is 11.7. The molecular weight excluding hydrogens is 381 g/mol. The van der Waals surface area contributed by atoms with Gasteiger partial charge in [-0.2, -0.15) is 18.2 Å². The van der Waals surface area contributed by atoms with Crippen LogP contribution in [0.15, 0.2) is 44.8 Å². The minimum absolute atomic E-state index is 0.195. The molecule has 1 N–H and O–H groups in total. The molecule has 2 aromatic heterocycles. The molecule has 0 unspecified atom stereocenters. The Morgan fingerprint density at radius 1 is 1.19 bits per heavy atom. The van der Waals surface area contributed by atoms with E-state index >= 15 is 0 Å². The molecule has 0 spiro atoms. The Morgan fingerprint density at radius 2 is 1.93 bits per heavy atom. The van der Waals surface area contributed by atoms with Crippen molar-refractivity contribution < 1.29 is 17.7 Å². The highest BCUT2D eigenvalue weighted by molar-refractivity contribution is 7.98. The number of hydrogen-bond donors (Lipinski definition) is 1. The summed E-state index contributed by atoms with van der Waals surface area (Å²) in [5, 5.41) is 4.23. The lowest BCUT2D eigenvalue weighted by Crippen LogP contribution is -2.09. The standard InChI is InChI=1S/C17H15F3N4O2S/c1-2-3-12-8-13(25)22-16(21-12)27-9-14-23-15(24-26-14)10-4-6-11(7-5-10)17(18,19)20/h4-8H,2-3,9H2,1H3,(H,21,22,25). The van der Waals surface area contributed by atoms with Crippen LogP contribution in [0.25, 0.3) is 11.4 Å². The van der Waals surface area contributed by atoms with Gasteiger partial charge in [0.05, 0.1) is 11.3 Å². The van der Waals surface area contributed by atoms with Gasteiger partial charge in [0.15, 0.2) is 5.16 Å².